The van der Waals surface area contributed by atoms with Crippen LogP contribution in [0.4, 0.5) is 14.6 Å². The third-order valence-corrected chi connectivity index (χ3v) is 4.31. The smallest absolute Gasteiger partial charge is 0.387 e. The van der Waals surface area contributed by atoms with Crippen LogP contribution < -0.4 is 30.2 Å². The van der Waals surface area contributed by atoms with E-state index in [0.717, 1.165) is 25.2 Å². The number of guanidine groups is 1. The van der Waals surface area contributed by atoms with Crippen molar-refractivity contribution in [2.75, 3.05) is 32.2 Å². The Morgan fingerprint density at radius 3 is 2.70 bits per heavy atom. The van der Waals surface area contributed by atoms with Crippen LogP contribution in [-0.2, 0) is 6.54 Å². The summed E-state index contributed by atoms with van der Waals surface area (Å²) in [6, 6.07) is 8.77. The number of aromatic nitrogens is 1. The van der Waals surface area contributed by atoms with Crippen LogP contribution in [0.2, 0.25) is 0 Å². The molecule has 3 rings (SSSR count). The van der Waals surface area contributed by atoms with Crippen LogP contribution in [0.5, 0.6) is 17.2 Å². The van der Waals surface area contributed by atoms with Gasteiger partial charge in [0.05, 0.1) is 0 Å². The van der Waals surface area contributed by atoms with Gasteiger partial charge in [-0.3, -0.25) is 4.99 Å². The van der Waals surface area contributed by atoms with Crippen molar-refractivity contribution in [1.82, 2.24) is 15.6 Å². The Bertz CT molecular complexity index is 837. The Morgan fingerprint density at radius 1 is 1.17 bits per heavy atom. The van der Waals surface area contributed by atoms with Gasteiger partial charge < -0.3 is 30.2 Å². The van der Waals surface area contributed by atoms with Gasteiger partial charge in [-0.25, -0.2) is 4.98 Å². The number of alkyl halides is 2. The summed E-state index contributed by atoms with van der Waals surface area (Å²) < 4.78 is 40.6. The normalized spacial score (nSPS) is 12.7. The molecule has 0 saturated carbocycles. The first-order chi connectivity index (χ1) is 14.7. The molecule has 0 fully saturated rings. The molecule has 3 N–H and O–H groups in total. The molecule has 8 nitrogen and oxygen atoms in total. The first-order valence-electron chi connectivity index (χ1n) is 9.62. The molecule has 0 spiro atoms. The van der Waals surface area contributed by atoms with E-state index < -0.39 is 6.61 Å². The van der Waals surface area contributed by atoms with Gasteiger partial charge in [0, 0.05) is 44.5 Å². The number of fused-ring (bicyclic) bond motifs is 1. The zero-order valence-corrected chi connectivity index (χ0v) is 16.7. The lowest BCUT2D eigenvalue weighted by molar-refractivity contribution is -0.0505. The zero-order valence-electron chi connectivity index (χ0n) is 16.7. The average molecular weight is 421 g/mol. The molecule has 1 aromatic heterocycles. The minimum absolute atomic E-state index is 0.0396. The van der Waals surface area contributed by atoms with E-state index in [9.17, 15) is 8.78 Å². The number of hydrogen-bond donors (Lipinski definition) is 3. The van der Waals surface area contributed by atoms with E-state index in [0.29, 0.717) is 29.6 Å². The van der Waals surface area contributed by atoms with Crippen molar-refractivity contribution < 1.29 is 23.0 Å². The molecule has 0 saturated heterocycles. The van der Waals surface area contributed by atoms with Crippen LogP contribution in [0.15, 0.2) is 41.5 Å². The molecule has 10 heteroatoms. The van der Waals surface area contributed by atoms with E-state index in [4.69, 9.17) is 9.47 Å². The number of halogens is 2. The second-order valence-corrected chi connectivity index (χ2v) is 6.39. The molecule has 0 atom stereocenters. The molecule has 0 aliphatic carbocycles. The van der Waals surface area contributed by atoms with Crippen molar-refractivity contribution in [2.24, 2.45) is 4.99 Å². The van der Waals surface area contributed by atoms with Gasteiger partial charge in [-0.1, -0.05) is 6.07 Å². The third kappa shape index (κ3) is 6.36. The van der Waals surface area contributed by atoms with Crippen LogP contribution >= 0.6 is 0 Å². The molecule has 0 unspecified atom stereocenters. The molecule has 0 amide bonds. The number of nitrogens with one attached hydrogen (secondary N) is 3. The van der Waals surface area contributed by atoms with E-state index in [1.165, 1.54) is 6.07 Å². The summed E-state index contributed by atoms with van der Waals surface area (Å²) in [5.41, 5.74) is 0.516. The number of nitrogens with zero attached hydrogens (tertiary/aromatic N) is 2. The Hall–Kier alpha value is -3.30. The number of anilines is 1. The molecular formula is C20H25F2N5O3. The van der Waals surface area contributed by atoms with Gasteiger partial charge in [-0.2, -0.15) is 8.78 Å². The highest BCUT2D eigenvalue weighted by Gasteiger charge is 2.20. The lowest BCUT2D eigenvalue weighted by atomic mass is 10.1. The summed E-state index contributed by atoms with van der Waals surface area (Å²) in [4.78, 5) is 8.36. The summed E-state index contributed by atoms with van der Waals surface area (Å²) in [6.07, 6.45) is 3.62. The predicted molar refractivity (Wildman–Crippen MR) is 109 cm³/mol. The van der Waals surface area contributed by atoms with Gasteiger partial charge in [0.2, 0.25) is 6.79 Å². The Balaban J connectivity index is 1.43. The first-order valence-corrected chi connectivity index (χ1v) is 9.62. The molecular weight excluding hydrogens is 396 g/mol. The van der Waals surface area contributed by atoms with Crippen molar-refractivity contribution >= 4 is 11.8 Å². The zero-order chi connectivity index (χ0) is 21.2. The highest BCUT2D eigenvalue weighted by Crippen LogP contribution is 2.38. The third-order valence-electron chi connectivity index (χ3n) is 4.31. The van der Waals surface area contributed by atoms with E-state index >= 15 is 0 Å². The maximum atomic E-state index is 12.7. The maximum absolute atomic E-state index is 12.7. The number of rotatable bonds is 10. The van der Waals surface area contributed by atoms with Gasteiger partial charge in [0.1, 0.15) is 11.6 Å². The van der Waals surface area contributed by atoms with Crippen LogP contribution in [0.25, 0.3) is 0 Å². The molecule has 162 valence electrons. The van der Waals surface area contributed by atoms with Crippen molar-refractivity contribution in [3.8, 4) is 17.2 Å². The van der Waals surface area contributed by atoms with Crippen LogP contribution in [0.1, 0.15) is 18.4 Å². The van der Waals surface area contributed by atoms with E-state index in [1.54, 1.807) is 19.3 Å². The Kier molecular flexibility index (Phi) is 7.87. The molecule has 0 bridgehead atoms. The van der Waals surface area contributed by atoms with Crippen molar-refractivity contribution in [3.05, 3.63) is 42.1 Å². The first kappa shape index (κ1) is 21.4. The highest BCUT2D eigenvalue weighted by atomic mass is 19.3. The fraction of sp³-hybridized carbons (Fsp3) is 0.400. The van der Waals surface area contributed by atoms with Crippen molar-refractivity contribution in [3.63, 3.8) is 0 Å². The fourth-order valence-corrected chi connectivity index (χ4v) is 2.85. The molecule has 30 heavy (non-hydrogen) atoms. The SMILES string of the molecule is CN=C(NCCCCNc1ccccn1)NCc1cc2c(cc1OC(F)F)OCO2. The second kappa shape index (κ2) is 11.0. The van der Waals surface area contributed by atoms with Gasteiger partial charge in [-0.15, -0.1) is 0 Å². The second-order valence-electron chi connectivity index (χ2n) is 6.39. The summed E-state index contributed by atoms with van der Waals surface area (Å²) in [7, 11) is 1.65. The summed E-state index contributed by atoms with van der Waals surface area (Å²) in [5, 5.41) is 9.55. The monoisotopic (exact) mass is 421 g/mol. The van der Waals surface area contributed by atoms with Gasteiger partial charge in [0.15, 0.2) is 17.5 Å². The predicted octanol–water partition coefficient (Wildman–Crippen LogP) is 2.97. The van der Waals surface area contributed by atoms with Crippen LogP contribution in [-0.4, -0.2) is 44.5 Å². The van der Waals surface area contributed by atoms with Crippen molar-refractivity contribution in [2.45, 2.75) is 26.0 Å². The number of ether oxygens (including phenoxy) is 3. The lowest BCUT2D eigenvalue weighted by Crippen LogP contribution is -2.37. The van der Waals surface area contributed by atoms with Crippen molar-refractivity contribution in [1.29, 1.82) is 0 Å². The van der Waals surface area contributed by atoms with Gasteiger partial charge >= 0.3 is 6.61 Å². The number of benzene rings is 1. The molecule has 2 heterocycles. The largest absolute Gasteiger partial charge is 0.454 e. The Morgan fingerprint density at radius 2 is 1.97 bits per heavy atom. The maximum Gasteiger partial charge on any atom is 0.387 e. The quantitative estimate of drug-likeness (QED) is 0.309. The fourth-order valence-electron chi connectivity index (χ4n) is 2.85. The van der Waals surface area contributed by atoms with Gasteiger partial charge in [-0.05, 0) is 31.0 Å². The summed E-state index contributed by atoms with van der Waals surface area (Å²) in [6.45, 7) is -1.11. The number of pyridine rings is 1. The average Bonchev–Trinajstić information content (AvgIpc) is 3.20. The Labute approximate surface area is 173 Å². The number of hydrogen-bond acceptors (Lipinski definition) is 6. The standard InChI is InChI=1S/C20H25F2N5O3/c1-23-20(26-9-5-4-8-25-18-6-2-3-7-24-18)27-12-14-10-16-17(29-13-28-16)11-15(14)30-19(21)22/h2-3,6-7,10-11,19H,4-5,8-9,12-13H2,1H3,(H,24,25)(H2,23,26,27). The topological polar surface area (TPSA) is 89.0 Å². The van der Waals surface area contributed by atoms with Crippen LogP contribution in [0, 0.1) is 0 Å². The minimum Gasteiger partial charge on any atom is -0.454 e. The van der Waals surface area contributed by atoms with Crippen LogP contribution in [0.3, 0.4) is 0 Å². The summed E-state index contributed by atoms with van der Waals surface area (Å²) >= 11 is 0. The molecule has 1 aliphatic heterocycles. The molecule has 0 radical (unpaired) electrons. The molecule has 2 aromatic rings. The van der Waals surface area contributed by atoms with Gasteiger partial charge in [0.25, 0.3) is 0 Å². The number of unbranched alkanes of at least 4 members (excludes halogenated alkanes) is 1. The lowest BCUT2D eigenvalue weighted by Gasteiger charge is -2.15. The highest BCUT2D eigenvalue weighted by molar-refractivity contribution is 5.79. The minimum atomic E-state index is -2.93. The van der Waals surface area contributed by atoms with E-state index in [-0.39, 0.29) is 19.1 Å². The van der Waals surface area contributed by atoms with E-state index in [1.807, 2.05) is 18.2 Å². The van der Waals surface area contributed by atoms with E-state index in [2.05, 4.69) is 30.7 Å². The number of aliphatic imine (C=N–C) groups is 1. The molecule has 1 aliphatic rings. The summed E-state index contributed by atoms with van der Waals surface area (Å²) in [5.74, 6) is 2.34. The molecule has 1 aromatic carbocycles.